The molecule has 94 heavy (non-hydrogen) atoms. The molecule has 3 unspecified atom stereocenters. The fourth-order valence-electron chi connectivity index (χ4n) is 11.3. The van der Waals surface area contributed by atoms with Crippen LogP contribution in [-0.2, 0) is 65.4 Å². The number of carbonyl (C=O) groups is 4. The van der Waals surface area contributed by atoms with Gasteiger partial charge in [0.2, 0.25) is 0 Å². The zero-order valence-electron chi connectivity index (χ0n) is 61.6. The van der Waals surface area contributed by atoms with Gasteiger partial charge in [0.05, 0.1) is 26.4 Å². The average Bonchev–Trinajstić information content (AvgIpc) is 1.69. The maximum atomic E-state index is 13.0. The average molecular weight is 1380 g/mol. The van der Waals surface area contributed by atoms with E-state index in [1.165, 1.54) is 173 Å². The molecule has 0 rings (SSSR count). The first-order valence-electron chi connectivity index (χ1n) is 38.7. The van der Waals surface area contributed by atoms with Crippen LogP contribution in [0, 0.1) is 23.7 Å². The van der Waals surface area contributed by atoms with Crippen molar-refractivity contribution >= 4 is 39.5 Å². The molecule has 0 saturated heterocycles. The van der Waals surface area contributed by atoms with Crippen molar-refractivity contribution in [3.05, 3.63) is 0 Å². The number of phosphoric acid groups is 2. The van der Waals surface area contributed by atoms with Gasteiger partial charge in [-0.05, 0) is 49.4 Å². The van der Waals surface area contributed by atoms with Crippen molar-refractivity contribution < 1.29 is 80.2 Å². The van der Waals surface area contributed by atoms with Gasteiger partial charge >= 0.3 is 39.5 Å². The number of ether oxygens (including phenoxy) is 4. The predicted molar refractivity (Wildman–Crippen MR) is 381 cm³/mol. The van der Waals surface area contributed by atoms with Gasteiger partial charge in [-0.25, -0.2) is 9.13 Å². The fraction of sp³-hybridized carbons (Fsp3) is 0.947. The second-order valence-electron chi connectivity index (χ2n) is 28.7. The van der Waals surface area contributed by atoms with Crippen molar-refractivity contribution in [1.82, 2.24) is 0 Å². The SMILES string of the molecule is CCC(C)CCCCCCCCCCCCCCCCCCCCC(=O)OC[C@H](COP(=O)(O)OC[C@@H](O)COP(=O)(O)OC[C@@H](COC(=O)CCCCCCCCC(C)C)OC(=O)CCCCCCCCCCCC(C)C)OC(=O)CCCCCCCCCCC(C)C. The summed E-state index contributed by atoms with van der Waals surface area (Å²) in [5.41, 5.74) is 0. The van der Waals surface area contributed by atoms with Gasteiger partial charge in [0, 0.05) is 25.7 Å². The molecule has 0 aromatic carbocycles. The van der Waals surface area contributed by atoms with E-state index < -0.39 is 97.5 Å². The molecule has 0 heterocycles. The standard InChI is InChI=1S/C75H146O17P2/c1-9-68(8)54-46-38-29-22-18-16-14-12-10-11-13-15-17-19-23-30-39-47-55-72(77)85-61-70(92-75(80)58-50-42-32-26-25-28-36-44-52-66(4)5)63-89-93(81,82)87-59-69(76)60-88-94(83,84)90-64-71(62-86-73(78)56-48-40-34-33-37-45-53-67(6)7)91-74(79)57-49-41-31-24-20-21-27-35-43-51-65(2)3/h65-71,76H,9-64H2,1-8H3,(H,81,82)(H,83,84)/t68?,69-,70-,71-/m1/s1. The first kappa shape index (κ1) is 92.1. The Balaban J connectivity index is 5.13. The third kappa shape index (κ3) is 67.3. The van der Waals surface area contributed by atoms with E-state index in [0.717, 1.165) is 114 Å². The van der Waals surface area contributed by atoms with E-state index in [2.05, 4.69) is 55.4 Å². The summed E-state index contributed by atoms with van der Waals surface area (Å²) in [6.07, 6.45) is 49.0. The molecule has 0 aromatic rings. The minimum atomic E-state index is -4.96. The summed E-state index contributed by atoms with van der Waals surface area (Å²) in [4.78, 5) is 72.6. The molecular formula is C75H146O17P2. The Kier molecular flexibility index (Phi) is 63.1. The maximum Gasteiger partial charge on any atom is 0.472 e. The fourth-order valence-corrected chi connectivity index (χ4v) is 12.9. The topological polar surface area (TPSA) is 237 Å². The lowest BCUT2D eigenvalue weighted by Gasteiger charge is -2.21. The number of rotatable bonds is 72. The summed E-state index contributed by atoms with van der Waals surface area (Å²) >= 11 is 0. The van der Waals surface area contributed by atoms with Crippen LogP contribution >= 0.6 is 15.6 Å². The lowest BCUT2D eigenvalue weighted by Crippen LogP contribution is -2.30. The van der Waals surface area contributed by atoms with Gasteiger partial charge in [0.25, 0.3) is 0 Å². The Labute approximate surface area is 575 Å². The Hall–Kier alpha value is -1.94. The molecule has 0 amide bonds. The highest BCUT2D eigenvalue weighted by Crippen LogP contribution is 2.45. The number of carbonyl (C=O) groups excluding carboxylic acids is 4. The van der Waals surface area contributed by atoms with Gasteiger partial charge in [-0.3, -0.25) is 37.3 Å². The zero-order valence-corrected chi connectivity index (χ0v) is 63.4. The van der Waals surface area contributed by atoms with Crippen LogP contribution in [0.25, 0.3) is 0 Å². The van der Waals surface area contributed by atoms with E-state index in [4.69, 9.17) is 37.0 Å². The quantitative estimate of drug-likeness (QED) is 0.0222. The molecule has 0 aliphatic heterocycles. The van der Waals surface area contributed by atoms with Crippen molar-refractivity contribution in [2.75, 3.05) is 39.6 Å². The summed E-state index contributed by atoms with van der Waals surface area (Å²) in [7, 11) is -9.91. The highest BCUT2D eigenvalue weighted by Gasteiger charge is 2.30. The van der Waals surface area contributed by atoms with E-state index in [1.54, 1.807) is 0 Å². The second-order valence-corrected chi connectivity index (χ2v) is 31.6. The van der Waals surface area contributed by atoms with Crippen LogP contribution in [0.1, 0.15) is 376 Å². The minimum absolute atomic E-state index is 0.104. The molecule has 6 atom stereocenters. The summed E-state index contributed by atoms with van der Waals surface area (Å²) < 4.78 is 68.4. The van der Waals surface area contributed by atoms with Gasteiger partial charge in [-0.15, -0.1) is 0 Å². The number of aliphatic hydroxyl groups is 1. The molecule has 0 aliphatic carbocycles. The Morgan fingerprint density at radius 2 is 0.511 bits per heavy atom. The Bertz CT molecular complexity index is 1850. The van der Waals surface area contributed by atoms with Gasteiger partial charge < -0.3 is 33.8 Å². The van der Waals surface area contributed by atoms with Gasteiger partial charge in [0.15, 0.2) is 12.2 Å². The number of esters is 4. The lowest BCUT2D eigenvalue weighted by atomic mass is 9.99. The summed E-state index contributed by atoms with van der Waals surface area (Å²) in [6, 6.07) is 0. The van der Waals surface area contributed by atoms with Crippen LogP contribution in [0.15, 0.2) is 0 Å². The number of hydrogen-bond donors (Lipinski definition) is 3. The lowest BCUT2D eigenvalue weighted by molar-refractivity contribution is -0.161. The van der Waals surface area contributed by atoms with E-state index in [9.17, 15) is 43.2 Å². The molecule has 3 N–H and O–H groups in total. The van der Waals surface area contributed by atoms with E-state index >= 15 is 0 Å². The number of unbranched alkanes of at least 4 members (excludes halogenated alkanes) is 37. The first-order chi connectivity index (χ1) is 45.1. The molecule has 0 saturated carbocycles. The van der Waals surface area contributed by atoms with Gasteiger partial charge in [0.1, 0.15) is 19.3 Å². The van der Waals surface area contributed by atoms with Crippen LogP contribution in [-0.4, -0.2) is 96.7 Å². The normalized spacial score (nSPS) is 14.4. The number of hydrogen-bond acceptors (Lipinski definition) is 15. The van der Waals surface area contributed by atoms with Crippen LogP contribution < -0.4 is 0 Å². The minimum Gasteiger partial charge on any atom is -0.462 e. The Morgan fingerprint density at radius 1 is 0.298 bits per heavy atom. The zero-order chi connectivity index (χ0) is 69.6. The van der Waals surface area contributed by atoms with Gasteiger partial charge in [-0.1, -0.05) is 325 Å². The van der Waals surface area contributed by atoms with Crippen molar-refractivity contribution in [2.24, 2.45) is 23.7 Å². The van der Waals surface area contributed by atoms with E-state index in [1.807, 2.05) is 0 Å². The first-order valence-corrected chi connectivity index (χ1v) is 41.7. The Morgan fingerprint density at radius 3 is 0.755 bits per heavy atom. The third-order valence-electron chi connectivity index (χ3n) is 17.7. The largest absolute Gasteiger partial charge is 0.472 e. The smallest absolute Gasteiger partial charge is 0.462 e. The van der Waals surface area contributed by atoms with E-state index in [0.29, 0.717) is 31.6 Å². The molecule has 19 heteroatoms. The van der Waals surface area contributed by atoms with Crippen molar-refractivity contribution in [3.8, 4) is 0 Å². The van der Waals surface area contributed by atoms with E-state index in [-0.39, 0.29) is 25.7 Å². The maximum absolute atomic E-state index is 13.0. The molecule has 0 radical (unpaired) electrons. The summed E-state index contributed by atoms with van der Waals surface area (Å²) in [5.74, 6) is 0.880. The summed E-state index contributed by atoms with van der Waals surface area (Å²) in [5, 5.41) is 10.6. The molecule has 0 fully saturated rings. The van der Waals surface area contributed by atoms with Crippen LogP contribution in [0.5, 0.6) is 0 Å². The molecule has 0 spiro atoms. The molecule has 0 bridgehead atoms. The molecule has 17 nitrogen and oxygen atoms in total. The third-order valence-corrected chi connectivity index (χ3v) is 19.6. The van der Waals surface area contributed by atoms with Gasteiger partial charge in [-0.2, -0.15) is 0 Å². The molecular weight excluding hydrogens is 1230 g/mol. The van der Waals surface area contributed by atoms with Crippen LogP contribution in [0.4, 0.5) is 0 Å². The summed E-state index contributed by atoms with van der Waals surface area (Å²) in [6.45, 7) is 14.1. The second kappa shape index (κ2) is 64.4. The monoisotopic (exact) mass is 1380 g/mol. The predicted octanol–water partition coefficient (Wildman–Crippen LogP) is 21.7. The number of aliphatic hydroxyl groups excluding tert-OH is 1. The highest BCUT2D eigenvalue weighted by atomic mass is 31.2. The highest BCUT2D eigenvalue weighted by molar-refractivity contribution is 7.47. The van der Waals surface area contributed by atoms with Crippen LogP contribution in [0.3, 0.4) is 0 Å². The van der Waals surface area contributed by atoms with Crippen molar-refractivity contribution in [2.45, 2.75) is 395 Å². The van der Waals surface area contributed by atoms with Crippen LogP contribution in [0.2, 0.25) is 0 Å². The molecule has 558 valence electrons. The van der Waals surface area contributed by atoms with Crippen molar-refractivity contribution in [3.63, 3.8) is 0 Å². The molecule has 0 aliphatic rings. The molecule has 0 aromatic heterocycles. The van der Waals surface area contributed by atoms with Crippen molar-refractivity contribution in [1.29, 1.82) is 0 Å². The number of phosphoric ester groups is 2.